The van der Waals surface area contributed by atoms with E-state index in [1.54, 1.807) is 24.3 Å². The summed E-state index contributed by atoms with van der Waals surface area (Å²) < 4.78 is 0. The van der Waals surface area contributed by atoms with E-state index >= 15 is 0 Å². The molecule has 1 aliphatic rings. The Balaban J connectivity index is 0.000000279. The molecule has 0 unspecified atom stereocenters. The minimum absolute atomic E-state index is 0.00514. The second-order valence-electron chi connectivity index (χ2n) is 16.1. The van der Waals surface area contributed by atoms with Gasteiger partial charge in [0.15, 0.2) is 34.5 Å². The van der Waals surface area contributed by atoms with Gasteiger partial charge in [-0.15, -0.1) is 0 Å². The molecule has 8 heteroatoms. The Hall–Kier alpha value is -4.72. The Morgan fingerprint density at radius 2 is 0.812 bits per heavy atom. The van der Waals surface area contributed by atoms with E-state index in [0.29, 0.717) is 11.1 Å². The zero-order chi connectivity index (χ0) is 37.2. The van der Waals surface area contributed by atoms with Crippen LogP contribution in [0.4, 0.5) is 0 Å². The summed E-state index contributed by atoms with van der Waals surface area (Å²) in [6.07, 6.45) is 4.47. The van der Waals surface area contributed by atoms with Crippen molar-refractivity contribution in [3.63, 3.8) is 0 Å². The van der Waals surface area contributed by atoms with Gasteiger partial charge in [-0.2, -0.15) is 0 Å². The van der Waals surface area contributed by atoms with Crippen LogP contribution in [0.15, 0.2) is 66.3 Å². The third-order valence-electron chi connectivity index (χ3n) is 7.85. The summed E-state index contributed by atoms with van der Waals surface area (Å²) in [5.41, 5.74) is 3.57. The van der Waals surface area contributed by atoms with Crippen LogP contribution < -0.4 is 0 Å². The molecule has 3 aromatic carbocycles. The summed E-state index contributed by atoms with van der Waals surface area (Å²) >= 11 is 0. The van der Waals surface area contributed by atoms with Crippen LogP contribution in [-0.4, -0.2) is 42.2 Å². The lowest BCUT2D eigenvalue weighted by Crippen LogP contribution is -2.17. The van der Waals surface area contributed by atoms with E-state index in [4.69, 9.17) is 5.11 Å². The number of hydrogen-bond acceptors (Lipinski definition) is 8. The predicted octanol–water partition coefficient (Wildman–Crippen LogP) is 8.83. The van der Waals surface area contributed by atoms with Crippen molar-refractivity contribution in [2.24, 2.45) is 5.41 Å². The number of ketones is 2. The molecule has 1 aliphatic carbocycles. The highest BCUT2D eigenvalue weighted by molar-refractivity contribution is 6.46. The second kappa shape index (κ2) is 14.2. The summed E-state index contributed by atoms with van der Waals surface area (Å²) in [7, 11) is 0. The standard InChI is InChI=1S/C20H26O4.C10H14O2.C10H12O2/c1-19(2,3)11-7-13(17(23)15(21)9-11)14-8-12(20(4,5)6)10-16(22)18(14)24;2*1-10(2,3)7-4-5-8(11)9(12)6-7/h7-10,21-24H,1-6H3;4-6,11-12H,1-3H3;4-6H,1-3H3. The normalized spacial score (nSPS) is 13.6. The fraction of sp³-hybridized carbons (Fsp3) is 0.400. The molecule has 0 atom stereocenters. The quantitative estimate of drug-likeness (QED) is 0.0859. The third-order valence-corrected chi connectivity index (χ3v) is 7.85. The van der Waals surface area contributed by atoms with E-state index in [9.17, 15) is 35.1 Å². The Morgan fingerprint density at radius 1 is 0.417 bits per heavy atom. The maximum atomic E-state index is 11.0. The van der Waals surface area contributed by atoms with Gasteiger partial charge in [-0.05, 0) is 92.5 Å². The van der Waals surface area contributed by atoms with Crippen LogP contribution in [0, 0.1) is 5.41 Å². The maximum absolute atomic E-state index is 11.0. The van der Waals surface area contributed by atoms with Gasteiger partial charge in [-0.25, -0.2) is 0 Å². The lowest BCUT2D eigenvalue weighted by atomic mass is 9.82. The highest BCUT2D eigenvalue weighted by atomic mass is 16.3. The lowest BCUT2D eigenvalue weighted by molar-refractivity contribution is -0.131. The van der Waals surface area contributed by atoms with Crippen LogP contribution in [0.25, 0.3) is 11.1 Å². The van der Waals surface area contributed by atoms with Crippen LogP contribution in [0.3, 0.4) is 0 Å². The van der Waals surface area contributed by atoms with Gasteiger partial charge in [-0.1, -0.05) is 95.2 Å². The van der Waals surface area contributed by atoms with Crippen molar-refractivity contribution in [1.29, 1.82) is 0 Å². The van der Waals surface area contributed by atoms with Crippen molar-refractivity contribution in [3.05, 3.63) is 83.0 Å². The SMILES string of the molecule is CC(C)(C)C1=CC(=O)C(=O)C=C1.CC(C)(C)c1cc(O)c(O)c(-c2cc(C(C)(C)C)cc(O)c2O)c1.CC(C)(C)c1ccc(O)c(O)c1. The Bertz CT molecular complexity index is 1660. The third kappa shape index (κ3) is 10.1. The summed E-state index contributed by atoms with van der Waals surface area (Å²) in [5, 5.41) is 59.1. The van der Waals surface area contributed by atoms with Crippen molar-refractivity contribution in [3.8, 4) is 45.6 Å². The number of phenols is 6. The van der Waals surface area contributed by atoms with E-state index in [1.807, 2.05) is 68.4 Å². The largest absolute Gasteiger partial charge is 0.504 e. The van der Waals surface area contributed by atoms with E-state index < -0.39 is 11.6 Å². The molecule has 0 radical (unpaired) electrons. The molecular formula is C40H52O8. The first-order valence-corrected chi connectivity index (χ1v) is 15.8. The number of benzene rings is 3. The minimum Gasteiger partial charge on any atom is -0.504 e. The van der Waals surface area contributed by atoms with Crippen molar-refractivity contribution in [1.82, 2.24) is 0 Å². The first-order chi connectivity index (χ1) is 21.6. The molecular weight excluding hydrogens is 608 g/mol. The monoisotopic (exact) mass is 660 g/mol. The molecule has 0 aromatic heterocycles. The molecule has 0 spiro atoms. The van der Waals surface area contributed by atoms with Crippen LogP contribution in [0.5, 0.6) is 34.5 Å². The lowest BCUT2D eigenvalue weighted by Gasteiger charge is -2.23. The topological polar surface area (TPSA) is 156 Å². The number of aromatic hydroxyl groups is 6. The predicted molar refractivity (Wildman–Crippen MR) is 191 cm³/mol. The first kappa shape index (κ1) is 39.5. The summed E-state index contributed by atoms with van der Waals surface area (Å²) in [5.74, 6) is -2.10. The highest BCUT2D eigenvalue weighted by Crippen LogP contribution is 2.47. The number of carbonyl (C=O) groups excluding carboxylic acids is 2. The van der Waals surface area contributed by atoms with Gasteiger partial charge >= 0.3 is 0 Å². The van der Waals surface area contributed by atoms with E-state index in [0.717, 1.165) is 22.3 Å². The van der Waals surface area contributed by atoms with Gasteiger partial charge in [0, 0.05) is 11.1 Å². The summed E-state index contributed by atoms with van der Waals surface area (Å²) in [6.45, 7) is 24.1. The molecule has 48 heavy (non-hydrogen) atoms. The number of carbonyl (C=O) groups is 2. The van der Waals surface area contributed by atoms with Gasteiger partial charge < -0.3 is 30.6 Å². The molecule has 0 heterocycles. The molecule has 0 bridgehead atoms. The molecule has 6 N–H and O–H groups in total. The van der Waals surface area contributed by atoms with Crippen LogP contribution >= 0.6 is 0 Å². The Kier molecular flexibility index (Phi) is 11.7. The number of allylic oxidation sites excluding steroid dienone is 4. The summed E-state index contributed by atoms with van der Waals surface area (Å²) in [6, 6.07) is 11.4. The zero-order valence-electron chi connectivity index (χ0n) is 30.3. The zero-order valence-corrected chi connectivity index (χ0v) is 30.3. The minimum atomic E-state index is -0.428. The Labute approximate surface area is 284 Å². The average molecular weight is 661 g/mol. The molecule has 0 aliphatic heterocycles. The molecule has 3 aromatic rings. The van der Waals surface area contributed by atoms with Crippen LogP contribution in [0.2, 0.25) is 0 Å². The van der Waals surface area contributed by atoms with Gasteiger partial charge in [0.05, 0.1) is 0 Å². The van der Waals surface area contributed by atoms with Crippen molar-refractivity contribution in [2.45, 2.75) is 99.3 Å². The number of phenolic OH excluding ortho intramolecular Hbond substituents is 6. The van der Waals surface area contributed by atoms with Crippen molar-refractivity contribution < 1.29 is 40.2 Å². The first-order valence-electron chi connectivity index (χ1n) is 15.8. The van der Waals surface area contributed by atoms with Gasteiger partial charge in [0.1, 0.15) is 0 Å². The molecule has 4 rings (SSSR count). The van der Waals surface area contributed by atoms with Crippen molar-refractivity contribution >= 4 is 11.6 Å². The van der Waals surface area contributed by atoms with Gasteiger partial charge in [0.25, 0.3) is 0 Å². The molecule has 0 saturated carbocycles. The molecule has 0 saturated heterocycles. The van der Waals surface area contributed by atoms with E-state index in [1.165, 1.54) is 30.4 Å². The van der Waals surface area contributed by atoms with Gasteiger partial charge in [-0.3, -0.25) is 9.59 Å². The van der Waals surface area contributed by atoms with E-state index in [-0.39, 0.29) is 56.2 Å². The second-order valence-corrected chi connectivity index (χ2v) is 16.1. The average Bonchev–Trinajstić information content (AvgIpc) is 2.93. The van der Waals surface area contributed by atoms with E-state index in [2.05, 4.69) is 20.8 Å². The van der Waals surface area contributed by atoms with Crippen LogP contribution in [0.1, 0.15) is 99.8 Å². The molecule has 0 amide bonds. The number of hydrogen-bond donors (Lipinski definition) is 6. The molecule has 8 nitrogen and oxygen atoms in total. The fourth-order valence-electron chi connectivity index (χ4n) is 4.48. The smallest absolute Gasteiger partial charge is 0.225 e. The highest BCUT2D eigenvalue weighted by Gasteiger charge is 2.25. The Morgan fingerprint density at radius 3 is 1.15 bits per heavy atom. The fourth-order valence-corrected chi connectivity index (χ4v) is 4.48. The number of rotatable bonds is 1. The molecule has 260 valence electrons. The maximum Gasteiger partial charge on any atom is 0.225 e. The van der Waals surface area contributed by atoms with Gasteiger partial charge in [0.2, 0.25) is 11.6 Å². The summed E-state index contributed by atoms with van der Waals surface area (Å²) in [4.78, 5) is 21.8. The van der Waals surface area contributed by atoms with Crippen molar-refractivity contribution in [2.75, 3.05) is 0 Å². The van der Waals surface area contributed by atoms with Crippen LogP contribution in [-0.2, 0) is 25.8 Å². The molecule has 0 fully saturated rings.